The Morgan fingerprint density at radius 1 is 1.35 bits per heavy atom. The Morgan fingerprint density at radius 2 is 2.26 bits per heavy atom. The van der Waals surface area contributed by atoms with E-state index in [0.717, 1.165) is 25.0 Å². The molecule has 2 amide bonds. The Morgan fingerprint density at radius 3 is 3.17 bits per heavy atom. The molecule has 118 valence electrons. The predicted molar refractivity (Wildman–Crippen MR) is 82.3 cm³/mol. The highest BCUT2D eigenvalue weighted by atomic mass is 16.5. The summed E-state index contributed by atoms with van der Waals surface area (Å²) >= 11 is 0. The van der Waals surface area contributed by atoms with Crippen LogP contribution in [0.4, 0.5) is 5.69 Å². The van der Waals surface area contributed by atoms with Crippen LogP contribution in [0.15, 0.2) is 18.2 Å². The molecule has 1 aromatic carbocycles. The van der Waals surface area contributed by atoms with Crippen LogP contribution in [0.1, 0.15) is 33.7 Å². The van der Waals surface area contributed by atoms with Crippen LogP contribution in [0.3, 0.4) is 0 Å². The number of aromatic nitrogens is 2. The minimum Gasteiger partial charge on any atom is -0.482 e. The van der Waals surface area contributed by atoms with Crippen LogP contribution < -0.4 is 15.4 Å². The van der Waals surface area contributed by atoms with Gasteiger partial charge in [0.1, 0.15) is 5.75 Å². The molecule has 0 fully saturated rings. The second kappa shape index (κ2) is 5.42. The highest BCUT2D eigenvalue weighted by Crippen LogP contribution is 2.28. The SMILES string of the molecule is O=C1COc2cc(C(=O)NCc3n[nH]c4c3CCC4)ccc2N1. The zero-order chi connectivity index (χ0) is 15.8. The van der Waals surface area contributed by atoms with Crippen LogP contribution in [0.2, 0.25) is 0 Å². The van der Waals surface area contributed by atoms with Gasteiger partial charge in [-0.15, -0.1) is 0 Å². The molecule has 2 aliphatic rings. The van der Waals surface area contributed by atoms with Gasteiger partial charge in [-0.1, -0.05) is 0 Å². The summed E-state index contributed by atoms with van der Waals surface area (Å²) in [5.74, 6) is 0.128. The third-order valence-electron chi connectivity index (χ3n) is 4.19. The summed E-state index contributed by atoms with van der Waals surface area (Å²) < 4.78 is 5.33. The first kappa shape index (κ1) is 13.8. The Labute approximate surface area is 132 Å². The summed E-state index contributed by atoms with van der Waals surface area (Å²) in [6, 6.07) is 4.98. The Bertz CT molecular complexity index is 797. The highest BCUT2D eigenvalue weighted by Gasteiger charge is 2.20. The molecule has 0 unspecified atom stereocenters. The lowest BCUT2D eigenvalue weighted by Crippen LogP contribution is -2.27. The molecule has 2 heterocycles. The number of hydrogen-bond acceptors (Lipinski definition) is 4. The van der Waals surface area contributed by atoms with Crippen LogP contribution in [-0.4, -0.2) is 28.6 Å². The molecule has 3 N–H and O–H groups in total. The second-order valence-corrected chi connectivity index (χ2v) is 5.71. The minimum absolute atomic E-state index is 0.0303. The molecule has 7 nitrogen and oxygen atoms in total. The van der Waals surface area contributed by atoms with Crippen molar-refractivity contribution in [3.63, 3.8) is 0 Å². The molecular weight excluding hydrogens is 296 g/mol. The molecule has 1 aliphatic carbocycles. The first-order chi connectivity index (χ1) is 11.2. The lowest BCUT2D eigenvalue weighted by Gasteiger charge is -2.18. The number of anilines is 1. The van der Waals surface area contributed by atoms with Gasteiger partial charge >= 0.3 is 0 Å². The van der Waals surface area contributed by atoms with Gasteiger partial charge in [0.2, 0.25) is 0 Å². The van der Waals surface area contributed by atoms with Gasteiger partial charge in [0, 0.05) is 11.3 Å². The highest BCUT2D eigenvalue weighted by molar-refractivity contribution is 5.98. The fourth-order valence-electron chi connectivity index (χ4n) is 3.02. The summed E-state index contributed by atoms with van der Waals surface area (Å²) in [7, 11) is 0. The normalized spacial score (nSPS) is 15.4. The molecule has 0 atom stereocenters. The van der Waals surface area contributed by atoms with Crippen molar-refractivity contribution in [3.8, 4) is 5.75 Å². The first-order valence-corrected chi connectivity index (χ1v) is 7.60. The van der Waals surface area contributed by atoms with E-state index in [1.54, 1.807) is 18.2 Å². The van der Waals surface area contributed by atoms with Crippen molar-refractivity contribution in [1.82, 2.24) is 15.5 Å². The van der Waals surface area contributed by atoms with E-state index in [1.165, 1.54) is 11.3 Å². The van der Waals surface area contributed by atoms with Gasteiger partial charge in [0.15, 0.2) is 6.61 Å². The van der Waals surface area contributed by atoms with Crippen LogP contribution in [0, 0.1) is 0 Å². The number of H-pyrrole nitrogens is 1. The lowest BCUT2D eigenvalue weighted by molar-refractivity contribution is -0.118. The maximum Gasteiger partial charge on any atom is 0.262 e. The predicted octanol–water partition coefficient (Wildman–Crippen LogP) is 1.16. The van der Waals surface area contributed by atoms with E-state index in [-0.39, 0.29) is 18.4 Å². The number of aryl methyl sites for hydroxylation is 1. The average Bonchev–Trinajstić information content (AvgIpc) is 3.16. The maximum atomic E-state index is 12.3. The monoisotopic (exact) mass is 312 g/mol. The number of carbonyl (C=O) groups is 2. The quantitative estimate of drug-likeness (QED) is 0.792. The molecular formula is C16H16N4O3. The molecule has 2 aromatic rings. The molecule has 0 spiro atoms. The maximum absolute atomic E-state index is 12.3. The van der Waals surface area contributed by atoms with Gasteiger partial charge in [-0.25, -0.2) is 0 Å². The largest absolute Gasteiger partial charge is 0.482 e. The second-order valence-electron chi connectivity index (χ2n) is 5.71. The number of nitrogens with one attached hydrogen (secondary N) is 3. The summed E-state index contributed by atoms with van der Waals surface area (Å²) in [6.45, 7) is 0.372. The fourth-order valence-corrected chi connectivity index (χ4v) is 3.02. The summed E-state index contributed by atoms with van der Waals surface area (Å²) in [6.07, 6.45) is 3.19. The summed E-state index contributed by atoms with van der Waals surface area (Å²) in [5.41, 5.74) is 4.41. The topological polar surface area (TPSA) is 96.1 Å². The van der Waals surface area contributed by atoms with E-state index in [4.69, 9.17) is 4.74 Å². The zero-order valence-electron chi connectivity index (χ0n) is 12.4. The van der Waals surface area contributed by atoms with E-state index in [9.17, 15) is 9.59 Å². The van der Waals surface area contributed by atoms with Gasteiger partial charge in [-0.3, -0.25) is 14.7 Å². The molecule has 0 radical (unpaired) electrons. The molecule has 7 heteroatoms. The number of aromatic amines is 1. The number of ether oxygens (including phenoxy) is 1. The zero-order valence-corrected chi connectivity index (χ0v) is 12.4. The fraction of sp³-hybridized carbons (Fsp3) is 0.312. The minimum atomic E-state index is -0.193. The van der Waals surface area contributed by atoms with Crippen LogP contribution >= 0.6 is 0 Å². The van der Waals surface area contributed by atoms with Crippen molar-refractivity contribution < 1.29 is 14.3 Å². The van der Waals surface area contributed by atoms with Crippen LogP contribution in [-0.2, 0) is 24.2 Å². The summed E-state index contributed by atoms with van der Waals surface area (Å²) in [4.78, 5) is 23.5. The number of amides is 2. The number of nitrogens with zero attached hydrogens (tertiary/aromatic N) is 1. The third-order valence-corrected chi connectivity index (χ3v) is 4.19. The molecule has 0 saturated carbocycles. The van der Waals surface area contributed by atoms with Gasteiger partial charge in [-0.2, -0.15) is 5.10 Å². The number of hydrogen-bond donors (Lipinski definition) is 3. The molecule has 0 bridgehead atoms. The van der Waals surface area contributed by atoms with Crippen LogP contribution in [0.5, 0.6) is 5.75 Å². The number of rotatable bonds is 3. The third kappa shape index (κ3) is 2.54. The van der Waals surface area contributed by atoms with E-state index in [1.807, 2.05) is 0 Å². The Balaban J connectivity index is 1.46. The van der Waals surface area contributed by atoms with Crippen molar-refractivity contribution in [2.75, 3.05) is 11.9 Å². The molecule has 4 rings (SSSR count). The lowest BCUT2D eigenvalue weighted by atomic mass is 10.1. The van der Waals surface area contributed by atoms with Crippen molar-refractivity contribution in [1.29, 1.82) is 0 Å². The molecule has 1 aromatic heterocycles. The number of benzene rings is 1. The molecule has 0 saturated heterocycles. The first-order valence-electron chi connectivity index (χ1n) is 7.60. The molecule has 23 heavy (non-hydrogen) atoms. The van der Waals surface area contributed by atoms with E-state index >= 15 is 0 Å². The van der Waals surface area contributed by atoms with E-state index in [2.05, 4.69) is 20.8 Å². The van der Waals surface area contributed by atoms with Gasteiger partial charge in [0.25, 0.3) is 11.8 Å². The van der Waals surface area contributed by atoms with Crippen molar-refractivity contribution in [2.24, 2.45) is 0 Å². The summed E-state index contributed by atoms with van der Waals surface area (Å²) in [5, 5.41) is 12.9. The van der Waals surface area contributed by atoms with Crippen LogP contribution in [0.25, 0.3) is 0 Å². The van der Waals surface area contributed by atoms with E-state index < -0.39 is 0 Å². The van der Waals surface area contributed by atoms with Gasteiger partial charge in [-0.05, 0) is 43.0 Å². The van der Waals surface area contributed by atoms with E-state index in [0.29, 0.717) is 23.5 Å². The van der Waals surface area contributed by atoms with Crippen molar-refractivity contribution >= 4 is 17.5 Å². The Kier molecular flexibility index (Phi) is 3.25. The Hall–Kier alpha value is -2.83. The van der Waals surface area contributed by atoms with Crippen molar-refractivity contribution in [3.05, 3.63) is 40.7 Å². The van der Waals surface area contributed by atoms with Gasteiger partial charge in [0.05, 0.1) is 17.9 Å². The van der Waals surface area contributed by atoms with Gasteiger partial charge < -0.3 is 15.4 Å². The smallest absolute Gasteiger partial charge is 0.262 e. The standard InChI is InChI=1S/C16H16N4O3/c21-15-8-23-14-6-9(4-5-12(14)18-15)16(22)17-7-13-10-2-1-3-11(10)19-20-13/h4-6H,1-3,7-8H2,(H,17,22)(H,18,21)(H,19,20). The van der Waals surface area contributed by atoms with Crippen molar-refractivity contribution in [2.45, 2.75) is 25.8 Å². The number of fused-ring (bicyclic) bond motifs is 2. The molecule has 1 aliphatic heterocycles. The number of carbonyl (C=O) groups excluding carboxylic acids is 2. The average molecular weight is 312 g/mol.